The van der Waals surface area contributed by atoms with Crippen molar-refractivity contribution in [2.45, 2.75) is 0 Å². The summed E-state index contributed by atoms with van der Waals surface area (Å²) in [6.45, 7) is 3.81. The molecule has 1 saturated heterocycles. The summed E-state index contributed by atoms with van der Waals surface area (Å²) in [6, 6.07) is 8.61. The zero-order valence-corrected chi connectivity index (χ0v) is 15.1. The van der Waals surface area contributed by atoms with Crippen molar-refractivity contribution in [2.75, 3.05) is 38.2 Å². The SMILES string of the molecule is COc1cc2nc(-c3ccc(N4CCNCC4)nc3)cc(Cl)c2cc1F. The number of fused-ring (bicyclic) bond motifs is 1. The second kappa shape index (κ2) is 7.05. The van der Waals surface area contributed by atoms with Gasteiger partial charge in [0.1, 0.15) is 5.82 Å². The largest absolute Gasteiger partial charge is 0.494 e. The molecule has 0 unspecified atom stereocenters. The van der Waals surface area contributed by atoms with Crippen LogP contribution in [0, 0.1) is 5.82 Å². The molecule has 0 bridgehead atoms. The molecule has 1 aromatic carbocycles. The molecular weight excluding hydrogens is 355 g/mol. The van der Waals surface area contributed by atoms with Crippen LogP contribution >= 0.6 is 11.6 Å². The number of anilines is 1. The maximum absolute atomic E-state index is 13.9. The monoisotopic (exact) mass is 372 g/mol. The lowest BCUT2D eigenvalue weighted by molar-refractivity contribution is 0.387. The van der Waals surface area contributed by atoms with E-state index in [4.69, 9.17) is 16.3 Å². The number of hydrogen-bond donors (Lipinski definition) is 1. The maximum Gasteiger partial charge on any atom is 0.165 e. The first kappa shape index (κ1) is 17.0. The number of nitrogens with one attached hydrogen (secondary N) is 1. The van der Waals surface area contributed by atoms with Gasteiger partial charge in [-0.3, -0.25) is 0 Å². The summed E-state index contributed by atoms with van der Waals surface area (Å²) in [7, 11) is 1.43. The quantitative estimate of drug-likeness (QED) is 0.762. The van der Waals surface area contributed by atoms with Crippen LogP contribution in [0.15, 0.2) is 36.5 Å². The van der Waals surface area contributed by atoms with Crippen LogP contribution in [0.1, 0.15) is 0 Å². The van der Waals surface area contributed by atoms with E-state index in [0.29, 0.717) is 21.6 Å². The third-order valence-electron chi connectivity index (χ3n) is 4.52. The Kier molecular flexibility index (Phi) is 4.61. The zero-order chi connectivity index (χ0) is 18.1. The lowest BCUT2D eigenvalue weighted by Crippen LogP contribution is -2.43. The molecule has 26 heavy (non-hydrogen) atoms. The molecule has 0 spiro atoms. The third kappa shape index (κ3) is 3.18. The van der Waals surface area contributed by atoms with Gasteiger partial charge >= 0.3 is 0 Å². The highest BCUT2D eigenvalue weighted by Gasteiger charge is 2.14. The van der Waals surface area contributed by atoms with Gasteiger partial charge in [0.2, 0.25) is 0 Å². The Labute approximate surface area is 155 Å². The molecule has 1 aliphatic heterocycles. The number of nitrogens with zero attached hydrogens (tertiary/aromatic N) is 3. The van der Waals surface area contributed by atoms with E-state index < -0.39 is 5.82 Å². The second-order valence-electron chi connectivity index (χ2n) is 6.14. The molecule has 5 nitrogen and oxygen atoms in total. The minimum absolute atomic E-state index is 0.144. The number of pyridine rings is 2. The first-order chi connectivity index (χ1) is 12.7. The van der Waals surface area contributed by atoms with Gasteiger partial charge in [-0.15, -0.1) is 0 Å². The van der Waals surface area contributed by atoms with Crippen molar-refractivity contribution in [1.82, 2.24) is 15.3 Å². The average molecular weight is 373 g/mol. The lowest BCUT2D eigenvalue weighted by Gasteiger charge is -2.28. The Balaban J connectivity index is 1.70. The minimum atomic E-state index is -0.460. The molecule has 4 rings (SSSR count). The molecule has 1 aliphatic rings. The number of benzene rings is 1. The van der Waals surface area contributed by atoms with Crippen LogP contribution in [0.3, 0.4) is 0 Å². The van der Waals surface area contributed by atoms with Crippen LogP contribution in [-0.2, 0) is 0 Å². The molecule has 0 atom stereocenters. The van der Waals surface area contributed by atoms with Crippen LogP contribution in [0.5, 0.6) is 5.75 Å². The van der Waals surface area contributed by atoms with Gasteiger partial charge in [0.25, 0.3) is 0 Å². The number of piperazine rings is 1. The number of halogens is 2. The number of rotatable bonds is 3. The van der Waals surface area contributed by atoms with E-state index in [1.54, 1.807) is 18.3 Å². The highest BCUT2D eigenvalue weighted by Crippen LogP contribution is 2.32. The fourth-order valence-corrected chi connectivity index (χ4v) is 3.36. The summed E-state index contributed by atoms with van der Waals surface area (Å²) in [4.78, 5) is 11.4. The van der Waals surface area contributed by atoms with E-state index in [1.807, 2.05) is 12.1 Å². The van der Waals surface area contributed by atoms with Gasteiger partial charge in [0.05, 0.1) is 23.3 Å². The second-order valence-corrected chi connectivity index (χ2v) is 6.54. The van der Waals surface area contributed by atoms with Crippen LogP contribution in [0.2, 0.25) is 5.02 Å². The summed E-state index contributed by atoms with van der Waals surface area (Å²) in [5.41, 5.74) is 2.13. The first-order valence-electron chi connectivity index (χ1n) is 8.41. The molecule has 134 valence electrons. The van der Waals surface area contributed by atoms with E-state index >= 15 is 0 Å². The van der Waals surface area contributed by atoms with Gasteiger partial charge in [-0.05, 0) is 24.3 Å². The highest BCUT2D eigenvalue weighted by molar-refractivity contribution is 6.35. The van der Waals surface area contributed by atoms with E-state index in [2.05, 4.69) is 20.2 Å². The van der Waals surface area contributed by atoms with Crippen LogP contribution in [0.25, 0.3) is 22.2 Å². The Bertz CT molecular complexity index is 942. The molecule has 0 aliphatic carbocycles. The summed E-state index contributed by atoms with van der Waals surface area (Å²) in [6.07, 6.45) is 1.79. The highest BCUT2D eigenvalue weighted by atomic mass is 35.5. The van der Waals surface area contributed by atoms with Crippen molar-refractivity contribution in [2.24, 2.45) is 0 Å². The first-order valence-corrected chi connectivity index (χ1v) is 8.79. The molecule has 2 aromatic heterocycles. The van der Waals surface area contributed by atoms with Gasteiger partial charge in [0.15, 0.2) is 11.6 Å². The maximum atomic E-state index is 13.9. The van der Waals surface area contributed by atoms with Gasteiger partial charge in [-0.25, -0.2) is 14.4 Å². The van der Waals surface area contributed by atoms with Crippen molar-refractivity contribution < 1.29 is 9.13 Å². The standard InChI is InChI=1S/C19H18ClFN4O/c1-26-18-10-17-13(8-15(18)21)14(20)9-16(24-17)12-2-3-19(23-11-12)25-6-4-22-5-7-25/h2-3,8-11,22H,4-7H2,1H3. The van der Waals surface area contributed by atoms with Gasteiger partial charge in [-0.2, -0.15) is 0 Å². The Morgan fingerprint density at radius 2 is 2.00 bits per heavy atom. The molecule has 0 amide bonds. The van der Waals surface area contributed by atoms with Crippen LogP contribution in [0.4, 0.5) is 10.2 Å². The molecule has 7 heteroatoms. The summed E-state index contributed by atoms with van der Waals surface area (Å²) < 4.78 is 19.0. The minimum Gasteiger partial charge on any atom is -0.494 e. The van der Waals surface area contributed by atoms with E-state index in [-0.39, 0.29) is 5.75 Å². The van der Waals surface area contributed by atoms with E-state index in [9.17, 15) is 4.39 Å². The van der Waals surface area contributed by atoms with Crippen LogP contribution in [-0.4, -0.2) is 43.3 Å². The van der Waals surface area contributed by atoms with Crippen molar-refractivity contribution in [3.63, 3.8) is 0 Å². The van der Waals surface area contributed by atoms with Crippen molar-refractivity contribution in [1.29, 1.82) is 0 Å². The normalized spacial score (nSPS) is 14.7. The summed E-state index contributed by atoms with van der Waals surface area (Å²) in [5.74, 6) is 0.634. The van der Waals surface area contributed by atoms with Gasteiger partial charge in [0, 0.05) is 49.4 Å². The molecular formula is C19H18ClFN4O. The Morgan fingerprint density at radius 3 is 2.69 bits per heavy atom. The lowest BCUT2D eigenvalue weighted by atomic mass is 10.1. The zero-order valence-electron chi connectivity index (χ0n) is 14.3. The fourth-order valence-electron chi connectivity index (χ4n) is 3.11. The summed E-state index contributed by atoms with van der Waals surface area (Å²) in [5, 5.41) is 4.32. The van der Waals surface area contributed by atoms with Crippen molar-refractivity contribution in [3.05, 3.63) is 47.4 Å². The molecule has 3 heterocycles. The van der Waals surface area contributed by atoms with Gasteiger partial charge < -0.3 is 15.0 Å². The molecule has 3 aromatic rings. The molecule has 0 saturated carbocycles. The van der Waals surface area contributed by atoms with Crippen LogP contribution < -0.4 is 15.0 Å². The smallest absolute Gasteiger partial charge is 0.165 e. The number of hydrogen-bond acceptors (Lipinski definition) is 5. The number of ether oxygens (including phenoxy) is 1. The molecule has 1 N–H and O–H groups in total. The number of methoxy groups -OCH3 is 1. The van der Waals surface area contributed by atoms with E-state index in [1.165, 1.54) is 13.2 Å². The predicted octanol–water partition coefficient (Wildman–Crippen LogP) is 3.51. The topological polar surface area (TPSA) is 50.3 Å². The van der Waals surface area contributed by atoms with Crippen molar-refractivity contribution >= 4 is 28.3 Å². The Hall–Kier alpha value is -2.44. The predicted molar refractivity (Wildman–Crippen MR) is 102 cm³/mol. The summed E-state index contributed by atoms with van der Waals surface area (Å²) >= 11 is 6.35. The van der Waals surface area contributed by atoms with Crippen molar-refractivity contribution in [3.8, 4) is 17.0 Å². The number of aromatic nitrogens is 2. The molecule has 0 radical (unpaired) electrons. The average Bonchev–Trinajstić information content (AvgIpc) is 2.69. The fraction of sp³-hybridized carbons (Fsp3) is 0.263. The van der Waals surface area contributed by atoms with E-state index in [0.717, 1.165) is 37.6 Å². The third-order valence-corrected chi connectivity index (χ3v) is 4.83. The van der Waals surface area contributed by atoms with Gasteiger partial charge in [-0.1, -0.05) is 11.6 Å². The molecule has 1 fully saturated rings. The Morgan fingerprint density at radius 1 is 1.19 bits per heavy atom.